The summed E-state index contributed by atoms with van der Waals surface area (Å²) in [5, 5.41) is 0. The molecule has 0 amide bonds. The van der Waals surface area contributed by atoms with Gasteiger partial charge in [0.2, 0.25) is 0 Å². The van der Waals surface area contributed by atoms with E-state index < -0.39 is 0 Å². The van der Waals surface area contributed by atoms with E-state index in [1.807, 2.05) is 0 Å². The van der Waals surface area contributed by atoms with E-state index in [0.29, 0.717) is 0 Å². The van der Waals surface area contributed by atoms with Gasteiger partial charge >= 0.3 is 0 Å². The molecule has 0 N–H and O–H groups in total. The molecule has 0 aromatic heterocycles. The molecule has 0 rings (SSSR count). The first-order valence-electron chi connectivity index (χ1n) is 0. The molecule has 0 aromatic carbocycles. The minimum atomic E-state index is 0. The summed E-state index contributed by atoms with van der Waals surface area (Å²) in [6, 6.07) is 0. The second-order valence-corrected chi connectivity index (χ2v) is 0. The molecular weight excluding hydrogens is 134 g/mol. The Hall–Kier alpha value is 1.09. The van der Waals surface area contributed by atoms with Gasteiger partial charge in [-0.05, 0) is 0 Å². The van der Waals surface area contributed by atoms with Crippen molar-refractivity contribution in [2.75, 3.05) is 0 Å². The first-order chi connectivity index (χ1) is 0. The number of rotatable bonds is 0. The van der Waals surface area contributed by atoms with Crippen molar-refractivity contribution in [1.82, 2.24) is 0 Å². The quantitative estimate of drug-likeness (QED) is 0.420. The molecule has 0 nitrogen and oxygen atoms in total. The molecule has 3 radical (unpaired) electrons. The van der Waals surface area contributed by atoms with Gasteiger partial charge in [-0.2, -0.15) is 0 Å². The summed E-state index contributed by atoms with van der Waals surface area (Å²) in [4.78, 5) is 0. The zero-order valence-electron chi connectivity index (χ0n) is 1.30. The maximum Gasteiger partial charge on any atom is 0 e. The average molecular weight is 138 g/mol. The molecule has 0 aromatic rings. The van der Waals surface area contributed by atoms with Gasteiger partial charge in [0.1, 0.15) is 0 Å². The monoisotopic (exact) mass is 137 g/mol. The molecule has 0 heterocycles. The summed E-state index contributed by atoms with van der Waals surface area (Å²) < 4.78 is 0. The molecule has 0 atom stereocenters. The molecule has 0 aliphatic carbocycles. The van der Waals surface area contributed by atoms with E-state index in [1.165, 1.54) is 0 Å². The van der Waals surface area contributed by atoms with E-state index in [2.05, 4.69) is 0 Å². The van der Waals surface area contributed by atoms with Gasteiger partial charge < -0.3 is 0 Å². The molecule has 0 bridgehead atoms. The third-order valence-electron chi connectivity index (χ3n) is 0. The van der Waals surface area contributed by atoms with Crippen LogP contribution in [0.5, 0.6) is 0 Å². The molecule has 0 fully saturated rings. The second-order valence-electron chi connectivity index (χ2n) is 0. The van der Waals surface area contributed by atoms with E-state index in [-0.39, 0.29) is 49.7 Å². The van der Waals surface area contributed by atoms with Crippen molar-refractivity contribution >= 4 is 8.41 Å². The van der Waals surface area contributed by atoms with Crippen LogP contribution < -0.4 is 0 Å². The fraction of sp³-hybridized carbons (Fsp3) is 1.00. The molecule has 3 heteroatoms. The molecule has 0 spiro atoms. The SMILES string of the molecule is C.[B].[Cr].[Ni]. The van der Waals surface area contributed by atoms with Crippen molar-refractivity contribution in [2.45, 2.75) is 7.43 Å². The first-order valence-corrected chi connectivity index (χ1v) is 0. The summed E-state index contributed by atoms with van der Waals surface area (Å²) >= 11 is 0. The molecule has 4 heavy (non-hydrogen) atoms. The molecule has 0 unspecified atom stereocenters. The van der Waals surface area contributed by atoms with Crippen LogP contribution in [0.15, 0.2) is 0 Å². The normalized spacial score (nSPS) is 0. The van der Waals surface area contributed by atoms with Crippen molar-refractivity contribution in [3.05, 3.63) is 0 Å². The van der Waals surface area contributed by atoms with Gasteiger partial charge in [-0.25, -0.2) is 0 Å². The maximum absolute atomic E-state index is 0. The van der Waals surface area contributed by atoms with Gasteiger partial charge in [0.25, 0.3) is 0 Å². The second kappa shape index (κ2) is 32.8. The summed E-state index contributed by atoms with van der Waals surface area (Å²) in [7, 11) is 0. The fourth-order valence-electron chi connectivity index (χ4n) is 0. The Bertz CT molecular complexity index is 8.00. The van der Waals surface area contributed by atoms with Gasteiger partial charge in [0, 0.05) is 42.3 Å². The van der Waals surface area contributed by atoms with Crippen LogP contribution in [0.1, 0.15) is 7.43 Å². The number of hydrogen-bond donors (Lipinski definition) is 0. The van der Waals surface area contributed by atoms with Crippen molar-refractivity contribution < 1.29 is 33.9 Å². The zero-order chi connectivity index (χ0) is 0. The topological polar surface area (TPSA) is 0 Å². The molecule has 0 aliphatic rings. The van der Waals surface area contributed by atoms with Crippen LogP contribution in [0, 0.1) is 0 Å². The van der Waals surface area contributed by atoms with E-state index in [9.17, 15) is 0 Å². The van der Waals surface area contributed by atoms with Gasteiger partial charge in [0.15, 0.2) is 0 Å². The first kappa shape index (κ1) is 71.6. The van der Waals surface area contributed by atoms with Crippen LogP contribution in [0.3, 0.4) is 0 Å². The summed E-state index contributed by atoms with van der Waals surface area (Å²) in [5.41, 5.74) is 0. The number of hydrogen-bond acceptors (Lipinski definition) is 0. The molecular formula is CH4BCrNi. The molecule has 0 saturated heterocycles. The summed E-state index contributed by atoms with van der Waals surface area (Å²) in [5.74, 6) is 0. The summed E-state index contributed by atoms with van der Waals surface area (Å²) in [6.07, 6.45) is 0. The Kier molecular flexibility index (Phi) is 588. The Balaban J connectivity index is 0. The van der Waals surface area contributed by atoms with Crippen LogP contribution in [-0.4, -0.2) is 8.41 Å². The Labute approximate surface area is 50.0 Å². The maximum atomic E-state index is 0. The van der Waals surface area contributed by atoms with Crippen molar-refractivity contribution in [2.24, 2.45) is 0 Å². The molecule has 0 aliphatic heterocycles. The van der Waals surface area contributed by atoms with Crippen LogP contribution in [0.4, 0.5) is 0 Å². The third kappa shape index (κ3) is 11.4. The molecule has 0 saturated carbocycles. The van der Waals surface area contributed by atoms with Crippen molar-refractivity contribution in [3.8, 4) is 0 Å². The van der Waals surface area contributed by atoms with Crippen LogP contribution >= 0.6 is 0 Å². The van der Waals surface area contributed by atoms with Crippen LogP contribution in [0.25, 0.3) is 0 Å². The predicted molar refractivity (Wildman–Crippen MR) is 12.5 cm³/mol. The Morgan fingerprint density at radius 2 is 1.00 bits per heavy atom. The Morgan fingerprint density at radius 1 is 1.00 bits per heavy atom. The van der Waals surface area contributed by atoms with Crippen LogP contribution in [0.2, 0.25) is 0 Å². The predicted octanol–water partition coefficient (Wildman–Crippen LogP) is 0.250. The van der Waals surface area contributed by atoms with E-state index in [0.717, 1.165) is 0 Å². The molecule has 27 valence electrons. The minimum absolute atomic E-state index is 0. The zero-order valence-corrected chi connectivity index (χ0v) is 3.56. The third-order valence-corrected chi connectivity index (χ3v) is 0. The van der Waals surface area contributed by atoms with Crippen LogP contribution in [-0.2, 0) is 33.9 Å². The van der Waals surface area contributed by atoms with E-state index >= 15 is 0 Å². The van der Waals surface area contributed by atoms with Crippen molar-refractivity contribution in [3.63, 3.8) is 0 Å². The smallest absolute Gasteiger partial charge is 0 e. The van der Waals surface area contributed by atoms with E-state index in [1.54, 1.807) is 0 Å². The fourth-order valence-corrected chi connectivity index (χ4v) is 0. The van der Waals surface area contributed by atoms with Crippen molar-refractivity contribution in [1.29, 1.82) is 0 Å². The minimum Gasteiger partial charge on any atom is -0.0776 e. The summed E-state index contributed by atoms with van der Waals surface area (Å²) in [6.45, 7) is 0. The van der Waals surface area contributed by atoms with Gasteiger partial charge in [-0.15, -0.1) is 0 Å². The van der Waals surface area contributed by atoms with Gasteiger partial charge in [-0.3, -0.25) is 0 Å². The standard InChI is InChI=1S/CH4.B.Cr.Ni/h1H4;;;. The largest absolute Gasteiger partial charge is 0.0776 e. The van der Waals surface area contributed by atoms with Gasteiger partial charge in [-0.1, -0.05) is 7.43 Å². The average Bonchev–Trinajstić information content (AvgIpc) is 0. The van der Waals surface area contributed by atoms with Gasteiger partial charge in [0.05, 0.1) is 0 Å². The Morgan fingerprint density at radius 3 is 1.00 bits per heavy atom. The van der Waals surface area contributed by atoms with E-state index in [4.69, 9.17) is 0 Å².